The van der Waals surface area contributed by atoms with Gasteiger partial charge in [0.1, 0.15) is 10.8 Å². The van der Waals surface area contributed by atoms with E-state index in [4.69, 9.17) is 0 Å². The van der Waals surface area contributed by atoms with Gasteiger partial charge in [-0.2, -0.15) is 0 Å². The minimum atomic E-state index is -0.308. The molecule has 1 saturated heterocycles. The summed E-state index contributed by atoms with van der Waals surface area (Å²) in [4.78, 5) is 27.5. The van der Waals surface area contributed by atoms with Crippen LogP contribution in [0, 0.1) is 5.82 Å². The van der Waals surface area contributed by atoms with E-state index >= 15 is 0 Å². The van der Waals surface area contributed by atoms with Gasteiger partial charge in [0.25, 0.3) is 11.8 Å². The first-order chi connectivity index (χ1) is 15.1. The first kappa shape index (κ1) is 21.5. The van der Waals surface area contributed by atoms with Crippen LogP contribution in [0.3, 0.4) is 0 Å². The lowest BCUT2D eigenvalue weighted by Gasteiger charge is -2.31. The van der Waals surface area contributed by atoms with E-state index in [1.54, 1.807) is 12.1 Å². The van der Waals surface area contributed by atoms with Gasteiger partial charge in [-0.15, -0.1) is 21.5 Å². The highest BCUT2D eigenvalue weighted by Gasteiger charge is 2.23. The number of likely N-dealkylation sites (tertiary alicyclic amines) is 1. The fourth-order valence-corrected chi connectivity index (χ4v) is 4.79. The maximum atomic E-state index is 13.0. The molecule has 31 heavy (non-hydrogen) atoms. The Balaban J connectivity index is 1.21. The number of hydrogen-bond donors (Lipinski definition) is 2. The molecule has 0 radical (unpaired) electrons. The molecule has 2 amide bonds. The molecule has 3 heterocycles. The largest absolute Gasteiger partial charge is 0.349 e. The third kappa shape index (κ3) is 5.93. The minimum Gasteiger partial charge on any atom is -0.349 e. The number of amides is 2. The van der Waals surface area contributed by atoms with Crippen molar-refractivity contribution in [2.24, 2.45) is 0 Å². The standard InChI is InChI=1S/C21H22FN5O2S2/c22-15-5-3-14(4-6-15)12-23-20(29)21-26-25-18(31-21)13-27-9-7-16(8-10-27)24-19(28)17-2-1-11-30-17/h1-6,11,16H,7-10,12-13H2,(H,23,29)(H,24,28). The van der Waals surface area contributed by atoms with Crippen LogP contribution in [0.4, 0.5) is 4.39 Å². The number of carbonyl (C=O) groups excluding carboxylic acids is 2. The normalized spacial score (nSPS) is 15.0. The minimum absolute atomic E-state index is 0.00568. The van der Waals surface area contributed by atoms with E-state index in [1.807, 2.05) is 17.5 Å². The van der Waals surface area contributed by atoms with Gasteiger partial charge >= 0.3 is 0 Å². The predicted molar refractivity (Wildman–Crippen MR) is 118 cm³/mol. The van der Waals surface area contributed by atoms with Crippen LogP contribution >= 0.6 is 22.7 Å². The molecular formula is C21H22FN5O2S2. The lowest BCUT2D eigenvalue weighted by atomic mass is 10.1. The van der Waals surface area contributed by atoms with E-state index in [-0.39, 0.29) is 23.7 Å². The van der Waals surface area contributed by atoms with Gasteiger partial charge in [0.05, 0.1) is 11.4 Å². The van der Waals surface area contributed by atoms with E-state index in [1.165, 1.54) is 34.8 Å². The predicted octanol–water partition coefficient (Wildman–Crippen LogP) is 3.06. The number of halogens is 1. The van der Waals surface area contributed by atoms with Crippen LogP contribution in [-0.2, 0) is 13.1 Å². The van der Waals surface area contributed by atoms with Crippen molar-refractivity contribution in [2.45, 2.75) is 32.0 Å². The summed E-state index contributed by atoms with van der Waals surface area (Å²) in [7, 11) is 0. The summed E-state index contributed by atoms with van der Waals surface area (Å²) in [5.74, 6) is -0.602. The quantitative estimate of drug-likeness (QED) is 0.567. The maximum Gasteiger partial charge on any atom is 0.282 e. The molecule has 1 aliphatic heterocycles. The van der Waals surface area contributed by atoms with Crippen LogP contribution in [-0.4, -0.2) is 46.0 Å². The number of nitrogens with zero attached hydrogens (tertiary/aromatic N) is 3. The lowest BCUT2D eigenvalue weighted by Crippen LogP contribution is -2.44. The molecule has 0 spiro atoms. The average molecular weight is 460 g/mol. The Kier molecular flexibility index (Phi) is 7.00. The molecule has 7 nitrogen and oxygen atoms in total. The SMILES string of the molecule is O=C(NC1CCN(Cc2nnc(C(=O)NCc3ccc(F)cc3)s2)CC1)c1cccs1. The number of carbonyl (C=O) groups is 2. The van der Waals surface area contributed by atoms with Crippen molar-refractivity contribution in [1.29, 1.82) is 0 Å². The Bertz CT molecular complexity index is 1010. The lowest BCUT2D eigenvalue weighted by molar-refractivity contribution is 0.0911. The van der Waals surface area contributed by atoms with Crippen LogP contribution in [0.2, 0.25) is 0 Å². The molecule has 10 heteroatoms. The number of hydrogen-bond acceptors (Lipinski definition) is 7. The number of benzene rings is 1. The number of aromatic nitrogens is 2. The zero-order valence-corrected chi connectivity index (χ0v) is 18.3. The van der Waals surface area contributed by atoms with Crippen LogP contribution in [0.15, 0.2) is 41.8 Å². The molecule has 0 saturated carbocycles. The van der Waals surface area contributed by atoms with Crippen molar-refractivity contribution in [3.8, 4) is 0 Å². The fraction of sp³-hybridized carbons (Fsp3) is 0.333. The Labute approximate surface area is 187 Å². The highest BCUT2D eigenvalue weighted by atomic mass is 32.1. The molecular weight excluding hydrogens is 437 g/mol. The van der Waals surface area contributed by atoms with Gasteiger partial charge in [-0.3, -0.25) is 14.5 Å². The van der Waals surface area contributed by atoms with Gasteiger partial charge in [-0.1, -0.05) is 29.5 Å². The molecule has 0 unspecified atom stereocenters. The summed E-state index contributed by atoms with van der Waals surface area (Å²) in [6.07, 6.45) is 1.75. The van der Waals surface area contributed by atoms with Crippen molar-refractivity contribution < 1.29 is 14.0 Å². The molecule has 1 aromatic carbocycles. The van der Waals surface area contributed by atoms with Gasteiger partial charge in [-0.25, -0.2) is 4.39 Å². The first-order valence-corrected chi connectivity index (χ1v) is 11.7. The molecule has 0 bridgehead atoms. The Morgan fingerprint density at radius 3 is 2.58 bits per heavy atom. The van der Waals surface area contributed by atoms with E-state index in [0.717, 1.165) is 41.4 Å². The molecule has 1 aliphatic rings. The van der Waals surface area contributed by atoms with Crippen LogP contribution in [0.1, 0.15) is 42.9 Å². The zero-order valence-electron chi connectivity index (χ0n) is 16.7. The molecule has 2 N–H and O–H groups in total. The smallest absolute Gasteiger partial charge is 0.282 e. The van der Waals surface area contributed by atoms with Gasteiger partial charge in [0, 0.05) is 25.7 Å². The molecule has 0 aliphatic carbocycles. The maximum absolute atomic E-state index is 13.0. The van der Waals surface area contributed by atoms with Gasteiger partial charge in [0.15, 0.2) is 0 Å². The van der Waals surface area contributed by atoms with Crippen LogP contribution in [0.5, 0.6) is 0 Å². The van der Waals surface area contributed by atoms with Crippen molar-refractivity contribution >= 4 is 34.5 Å². The van der Waals surface area contributed by atoms with Crippen molar-refractivity contribution in [3.63, 3.8) is 0 Å². The molecule has 1 fully saturated rings. The van der Waals surface area contributed by atoms with Crippen molar-refractivity contribution in [3.05, 3.63) is 68.1 Å². The van der Waals surface area contributed by atoms with Crippen LogP contribution in [0.25, 0.3) is 0 Å². The number of piperidine rings is 1. The third-order valence-electron chi connectivity index (χ3n) is 5.05. The number of nitrogens with one attached hydrogen (secondary N) is 2. The first-order valence-electron chi connectivity index (χ1n) is 9.98. The third-order valence-corrected chi connectivity index (χ3v) is 6.83. The zero-order chi connectivity index (χ0) is 21.6. The summed E-state index contributed by atoms with van der Waals surface area (Å²) >= 11 is 2.72. The summed E-state index contributed by atoms with van der Waals surface area (Å²) in [5, 5.41) is 17.0. The topological polar surface area (TPSA) is 87.2 Å². The van der Waals surface area contributed by atoms with Crippen LogP contribution < -0.4 is 10.6 Å². The van der Waals surface area contributed by atoms with E-state index in [9.17, 15) is 14.0 Å². The second kappa shape index (κ2) is 10.1. The summed E-state index contributed by atoms with van der Waals surface area (Å²) in [6.45, 7) is 2.63. The van der Waals surface area contributed by atoms with E-state index in [2.05, 4.69) is 25.7 Å². The number of rotatable bonds is 7. The number of thiophene rings is 1. The molecule has 4 rings (SSSR count). The van der Waals surface area contributed by atoms with Gasteiger partial charge in [-0.05, 0) is 42.0 Å². The van der Waals surface area contributed by atoms with Gasteiger partial charge in [0.2, 0.25) is 5.01 Å². The molecule has 3 aromatic rings. The second-order valence-electron chi connectivity index (χ2n) is 7.31. The molecule has 162 valence electrons. The summed E-state index contributed by atoms with van der Waals surface area (Å²) < 4.78 is 13.0. The van der Waals surface area contributed by atoms with Gasteiger partial charge < -0.3 is 10.6 Å². The summed E-state index contributed by atoms with van der Waals surface area (Å²) in [5.41, 5.74) is 0.813. The molecule has 0 atom stereocenters. The summed E-state index contributed by atoms with van der Waals surface area (Å²) in [6, 6.07) is 9.87. The van der Waals surface area contributed by atoms with Crippen molar-refractivity contribution in [2.75, 3.05) is 13.1 Å². The Morgan fingerprint density at radius 1 is 1.10 bits per heavy atom. The monoisotopic (exact) mass is 459 g/mol. The Hall–Kier alpha value is -2.69. The molecule has 2 aromatic heterocycles. The van der Waals surface area contributed by atoms with E-state index in [0.29, 0.717) is 18.1 Å². The highest BCUT2D eigenvalue weighted by molar-refractivity contribution is 7.13. The Morgan fingerprint density at radius 2 is 1.87 bits per heavy atom. The highest BCUT2D eigenvalue weighted by Crippen LogP contribution is 2.18. The second-order valence-corrected chi connectivity index (χ2v) is 9.32. The van der Waals surface area contributed by atoms with Crippen molar-refractivity contribution in [1.82, 2.24) is 25.7 Å². The fourth-order valence-electron chi connectivity index (χ4n) is 3.36. The average Bonchev–Trinajstić information content (AvgIpc) is 3.47. The van der Waals surface area contributed by atoms with E-state index < -0.39 is 0 Å².